The molecule has 0 aliphatic heterocycles. The molecule has 20 heavy (non-hydrogen) atoms. The van der Waals surface area contributed by atoms with Gasteiger partial charge in [-0.05, 0) is 26.0 Å². The van der Waals surface area contributed by atoms with E-state index in [-0.39, 0.29) is 5.91 Å². The molecule has 0 aliphatic carbocycles. The van der Waals surface area contributed by atoms with Crippen LogP contribution in [0.4, 0.5) is 10.8 Å². The SMILES string of the molecule is CCN(C(C)=O)c1nc(CNc2ccc(C)nc2)cs1. The minimum atomic E-state index is 0.0177. The summed E-state index contributed by atoms with van der Waals surface area (Å²) in [6.07, 6.45) is 1.80. The van der Waals surface area contributed by atoms with Crippen LogP contribution in [-0.2, 0) is 11.3 Å². The monoisotopic (exact) mass is 290 g/mol. The summed E-state index contributed by atoms with van der Waals surface area (Å²) in [5.41, 5.74) is 2.88. The van der Waals surface area contributed by atoms with Crippen LogP contribution in [0.1, 0.15) is 25.2 Å². The number of aryl methyl sites for hydroxylation is 1. The Morgan fingerprint density at radius 1 is 1.45 bits per heavy atom. The summed E-state index contributed by atoms with van der Waals surface area (Å²) in [4.78, 5) is 21.8. The van der Waals surface area contributed by atoms with Crippen LogP contribution in [0.25, 0.3) is 0 Å². The van der Waals surface area contributed by atoms with Gasteiger partial charge in [-0.25, -0.2) is 4.98 Å². The van der Waals surface area contributed by atoms with Crippen LogP contribution >= 0.6 is 11.3 Å². The van der Waals surface area contributed by atoms with Crippen molar-refractivity contribution in [1.82, 2.24) is 9.97 Å². The zero-order chi connectivity index (χ0) is 14.5. The maximum Gasteiger partial charge on any atom is 0.225 e. The van der Waals surface area contributed by atoms with Gasteiger partial charge in [-0.15, -0.1) is 11.3 Å². The average molecular weight is 290 g/mol. The molecule has 0 atom stereocenters. The van der Waals surface area contributed by atoms with E-state index >= 15 is 0 Å². The summed E-state index contributed by atoms with van der Waals surface area (Å²) < 4.78 is 0. The molecule has 0 saturated heterocycles. The molecular formula is C14H18N4OS. The molecule has 0 aromatic carbocycles. The number of carbonyl (C=O) groups is 1. The third kappa shape index (κ3) is 3.54. The van der Waals surface area contributed by atoms with Crippen LogP contribution in [0, 0.1) is 6.92 Å². The summed E-state index contributed by atoms with van der Waals surface area (Å²) in [5.74, 6) is 0.0177. The number of carbonyl (C=O) groups excluding carboxylic acids is 1. The number of anilines is 2. The van der Waals surface area contributed by atoms with Crippen LogP contribution in [0.3, 0.4) is 0 Å². The highest BCUT2D eigenvalue weighted by molar-refractivity contribution is 7.14. The number of amides is 1. The minimum Gasteiger partial charge on any atom is -0.378 e. The van der Waals surface area contributed by atoms with Gasteiger partial charge in [-0.1, -0.05) is 0 Å². The predicted octanol–water partition coefficient (Wildman–Crippen LogP) is 2.83. The molecule has 1 N–H and O–H groups in total. The number of hydrogen-bond donors (Lipinski definition) is 1. The van der Waals surface area contributed by atoms with Gasteiger partial charge >= 0.3 is 0 Å². The van der Waals surface area contributed by atoms with Crippen molar-refractivity contribution in [2.45, 2.75) is 27.3 Å². The van der Waals surface area contributed by atoms with Crippen molar-refractivity contribution in [2.75, 3.05) is 16.8 Å². The van der Waals surface area contributed by atoms with E-state index in [4.69, 9.17) is 0 Å². The molecule has 2 heterocycles. The predicted molar refractivity (Wildman–Crippen MR) is 82.1 cm³/mol. The molecule has 0 unspecified atom stereocenters. The second kappa shape index (κ2) is 6.47. The number of nitrogens with zero attached hydrogens (tertiary/aromatic N) is 3. The van der Waals surface area contributed by atoms with Crippen molar-refractivity contribution in [3.05, 3.63) is 35.1 Å². The molecule has 0 aliphatic rings. The highest BCUT2D eigenvalue weighted by atomic mass is 32.1. The van der Waals surface area contributed by atoms with Gasteiger partial charge in [-0.3, -0.25) is 14.7 Å². The molecule has 6 heteroatoms. The third-order valence-corrected chi connectivity index (χ3v) is 3.76. The lowest BCUT2D eigenvalue weighted by Gasteiger charge is -2.14. The first kappa shape index (κ1) is 14.5. The van der Waals surface area contributed by atoms with Gasteiger partial charge in [0.05, 0.1) is 24.1 Å². The molecule has 0 fully saturated rings. The van der Waals surface area contributed by atoms with Crippen LogP contribution < -0.4 is 10.2 Å². The molecule has 2 aromatic rings. The van der Waals surface area contributed by atoms with E-state index in [1.54, 1.807) is 18.0 Å². The molecule has 0 saturated carbocycles. The van der Waals surface area contributed by atoms with Crippen LogP contribution in [-0.4, -0.2) is 22.4 Å². The van der Waals surface area contributed by atoms with Gasteiger partial charge in [0.1, 0.15) is 0 Å². The van der Waals surface area contributed by atoms with E-state index in [9.17, 15) is 4.79 Å². The smallest absolute Gasteiger partial charge is 0.225 e. The van der Waals surface area contributed by atoms with Gasteiger partial charge in [-0.2, -0.15) is 0 Å². The van der Waals surface area contributed by atoms with Gasteiger partial charge in [0.15, 0.2) is 5.13 Å². The Labute approximate surface area is 122 Å². The maximum atomic E-state index is 11.5. The first-order valence-electron chi connectivity index (χ1n) is 6.49. The molecule has 1 amide bonds. The molecular weight excluding hydrogens is 272 g/mol. The van der Waals surface area contributed by atoms with Crippen molar-refractivity contribution in [3.63, 3.8) is 0 Å². The Balaban J connectivity index is 1.99. The van der Waals surface area contributed by atoms with E-state index in [1.807, 2.05) is 31.4 Å². The topological polar surface area (TPSA) is 58.1 Å². The number of pyridine rings is 1. The summed E-state index contributed by atoms with van der Waals surface area (Å²) in [7, 11) is 0. The zero-order valence-corrected chi connectivity index (χ0v) is 12.7. The Morgan fingerprint density at radius 2 is 2.25 bits per heavy atom. The molecule has 2 rings (SSSR count). The quantitative estimate of drug-likeness (QED) is 0.920. The molecule has 0 bridgehead atoms. The van der Waals surface area contributed by atoms with Gasteiger partial charge in [0.2, 0.25) is 5.91 Å². The Bertz CT molecular complexity index is 579. The van der Waals surface area contributed by atoms with Gasteiger partial charge < -0.3 is 5.32 Å². The van der Waals surface area contributed by atoms with Crippen molar-refractivity contribution in [3.8, 4) is 0 Å². The molecule has 2 aromatic heterocycles. The number of hydrogen-bond acceptors (Lipinski definition) is 5. The molecule has 106 valence electrons. The fourth-order valence-corrected chi connectivity index (χ4v) is 2.69. The van der Waals surface area contributed by atoms with Crippen molar-refractivity contribution >= 4 is 28.1 Å². The zero-order valence-electron chi connectivity index (χ0n) is 11.9. The van der Waals surface area contributed by atoms with E-state index < -0.39 is 0 Å². The van der Waals surface area contributed by atoms with E-state index in [0.29, 0.717) is 13.1 Å². The van der Waals surface area contributed by atoms with E-state index in [1.165, 1.54) is 11.3 Å². The third-order valence-electron chi connectivity index (χ3n) is 2.85. The van der Waals surface area contributed by atoms with Crippen LogP contribution in [0.2, 0.25) is 0 Å². The minimum absolute atomic E-state index is 0.0177. The number of nitrogens with one attached hydrogen (secondary N) is 1. The first-order valence-corrected chi connectivity index (χ1v) is 7.37. The summed E-state index contributed by atoms with van der Waals surface area (Å²) in [6, 6.07) is 3.95. The second-order valence-electron chi connectivity index (χ2n) is 4.43. The lowest BCUT2D eigenvalue weighted by molar-refractivity contribution is -0.116. The normalized spacial score (nSPS) is 10.3. The Morgan fingerprint density at radius 3 is 2.85 bits per heavy atom. The van der Waals surface area contributed by atoms with Crippen LogP contribution in [0.5, 0.6) is 0 Å². The average Bonchev–Trinajstić information content (AvgIpc) is 2.87. The fraction of sp³-hybridized carbons (Fsp3) is 0.357. The Kier molecular flexibility index (Phi) is 4.68. The van der Waals surface area contributed by atoms with Gasteiger partial charge in [0.25, 0.3) is 0 Å². The lowest BCUT2D eigenvalue weighted by Crippen LogP contribution is -2.27. The standard InChI is InChI=1S/C14H18N4OS/c1-4-18(11(3)19)14-17-13(9-20-14)8-16-12-6-5-10(2)15-7-12/h5-7,9,16H,4,8H2,1-3H3. The van der Waals surface area contributed by atoms with Crippen molar-refractivity contribution < 1.29 is 4.79 Å². The molecule has 0 spiro atoms. The molecule has 5 nitrogen and oxygen atoms in total. The summed E-state index contributed by atoms with van der Waals surface area (Å²) in [6.45, 7) is 6.71. The number of aromatic nitrogens is 2. The summed E-state index contributed by atoms with van der Waals surface area (Å²) >= 11 is 1.49. The maximum absolute atomic E-state index is 11.5. The molecule has 0 radical (unpaired) electrons. The van der Waals surface area contributed by atoms with E-state index in [2.05, 4.69) is 15.3 Å². The van der Waals surface area contributed by atoms with Gasteiger partial charge in [0, 0.05) is 24.5 Å². The van der Waals surface area contributed by atoms with Crippen molar-refractivity contribution in [1.29, 1.82) is 0 Å². The van der Waals surface area contributed by atoms with Crippen molar-refractivity contribution in [2.24, 2.45) is 0 Å². The highest BCUT2D eigenvalue weighted by Gasteiger charge is 2.13. The van der Waals surface area contributed by atoms with Crippen LogP contribution in [0.15, 0.2) is 23.7 Å². The highest BCUT2D eigenvalue weighted by Crippen LogP contribution is 2.21. The lowest BCUT2D eigenvalue weighted by atomic mass is 10.3. The first-order chi connectivity index (χ1) is 9.60. The summed E-state index contributed by atoms with van der Waals surface area (Å²) in [5, 5.41) is 5.98. The number of rotatable bonds is 5. The largest absolute Gasteiger partial charge is 0.378 e. The Hall–Kier alpha value is -1.95. The number of thiazole rings is 1. The second-order valence-corrected chi connectivity index (χ2v) is 5.26. The fourth-order valence-electron chi connectivity index (χ4n) is 1.76. The van der Waals surface area contributed by atoms with E-state index in [0.717, 1.165) is 22.2 Å².